The van der Waals surface area contributed by atoms with E-state index in [1.807, 2.05) is 0 Å². The first-order valence-electron chi connectivity index (χ1n) is 6.93. The fraction of sp³-hybridized carbons (Fsp3) is 0.200. The Bertz CT molecular complexity index is 943. The molecule has 0 saturated carbocycles. The molecule has 0 fully saturated rings. The molecule has 2 aromatic carbocycles. The van der Waals surface area contributed by atoms with E-state index in [0.717, 1.165) is 12.1 Å². The summed E-state index contributed by atoms with van der Waals surface area (Å²) in [5.41, 5.74) is -0.339. The van der Waals surface area contributed by atoms with Crippen LogP contribution < -0.4 is 18.9 Å². The minimum atomic E-state index is -5.20. The molecule has 0 aliphatic heterocycles. The van der Waals surface area contributed by atoms with Gasteiger partial charge >= 0.3 is 0 Å². The van der Waals surface area contributed by atoms with Crippen molar-refractivity contribution >= 4 is 15.7 Å². The Labute approximate surface area is 150 Å². The molecule has 0 radical (unpaired) electrons. The topological polar surface area (TPSA) is 73.9 Å². The SMILES string of the molecule is COc1cc(NS(=O)(=O)c2c(F)c(F)c(F)c(F)c2F)cc(OC)c1OC. The standard InChI is InChI=1S/C15H12F5NO5S/c1-24-7-4-6(5-8(25-2)14(7)26-3)21-27(22,23)15-12(19)10(17)9(16)11(18)13(15)20/h4-5,21H,1-3H3. The first-order chi connectivity index (χ1) is 12.6. The van der Waals surface area contributed by atoms with E-state index in [-0.39, 0.29) is 22.9 Å². The van der Waals surface area contributed by atoms with Gasteiger partial charge in [0.2, 0.25) is 11.6 Å². The Morgan fingerprint density at radius 2 is 1.15 bits per heavy atom. The van der Waals surface area contributed by atoms with Crippen LogP contribution in [0.4, 0.5) is 27.6 Å². The van der Waals surface area contributed by atoms with Crippen molar-refractivity contribution in [2.24, 2.45) is 0 Å². The number of hydrogen-bond acceptors (Lipinski definition) is 5. The van der Waals surface area contributed by atoms with Crippen LogP contribution in [0, 0.1) is 29.1 Å². The molecule has 2 rings (SSSR count). The number of halogens is 5. The van der Waals surface area contributed by atoms with Crippen LogP contribution in [0.25, 0.3) is 0 Å². The highest BCUT2D eigenvalue weighted by atomic mass is 32.2. The van der Waals surface area contributed by atoms with Crippen molar-refractivity contribution in [3.8, 4) is 17.2 Å². The summed E-state index contributed by atoms with van der Waals surface area (Å²) in [6.07, 6.45) is 0. The van der Waals surface area contributed by atoms with E-state index in [9.17, 15) is 30.4 Å². The van der Waals surface area contributed by atoms with Gasteiger partial charge in [-0.05, 0) is 0 Å². The Kier molecular flexibility index (Phi) is 5.68. The quantitative estimate of drug-likeness (QED) is 0.447. The van der Waals surface area contributed by atoms with Crippen LogP contribution in [0.2, 0.25) is 0 Å². The summed E-state index contributed by atoms with van der Waals surface area (Å²) in [5, 5.41) is 0. The average molecular weight is 413 g/mol. The second kappa shape index (κ2) is 7.47. The smallest absolute Gasteiger partial charge is 0.267 e. The fourth-order valence-corrected chi connectivity index (χ4v) is 3.35. The molecule has 2 aromatic rings. The van der Waals surface area contributed by atoms with Crippen LogP contribution in [0.15, 0.2) is 17.0 Å². The first kappa shape index (κ1) is 20.6. The van der Waals surface area contributed by atoms with E-state index in [4.69, 9.17) is 14.2 Å². The summed E-state index contributed by atoms with van der Waals surface area (Å²) in [5.74, 6) is -12.2. The van der Waals surface area contributed by atoms with Gasteiger partial charge in [0.1, 0.15) is 0 Å². The van der Waals surface area contributed by atoms with Crippen LogP contribution in [-0.4, -0.2) is 29.7 Å². The van der Waals surface area contributed by atoms with Crippen molar-refractivity contribution in [2.75, 3.05) is 26.1 Å². The van der Waals surface area contributed by atoms with E-state index in [0.29, 0.717) is 0 Å². The van der Waals surface area contributed by atoms with Gasteiger partial charge in [-0.15, -0.1) is 0 Å². The Morgan fingerprint density at radius 3 is 1.52 bits per heavy atom. The lowest BCUT2D eigenvalue weighted by atomic mass is 10.2. The molecule has 0 atom stereocenters. The maximum Gasteiger partial charge on any atom is 0.267 e. The molecule has 0 aromatic heterocycles. The highest BCUT2D eigenvalue weighted by Crippen LogP contribution is 2.40. The minimum Gasteiger partial charge on any atom is -0.493 e. The third-order valence-corrected chi connectivity index (χ3v) is 4.76. The number of nitrogens with one attached hydrogen (secondary N) is 1. The van der Waals surface area contributed by atoms with Gasteiger partial charge in [-0.2, -0.15) is 0 Å². The lowest BCUT2D eigenvalue weighted by Gasteiger charge is -2.16. The van der Waals surface area contributed by atoms with Crippen LogP contribution in [0.1, 0.15) is 0 Å². The summed E-state index contributed by atoms with van der Waals surface area (Å²) in [7, 11) is -1.48. The van der Waals surface area contributed by atoms with Crippen molar-refractivity contribution in [2.45, 2.75) is 4.90 Å². The van der Waals surface area contributed by atoms with Gasteiger partial charge in [0, 0.05) is 12.1 Å². The van der Waals surface area contributed by atoms with E-state index >= 15 is 0 Å². The number of hydrogen-bond donors (Lipinski definition) is 1. The van der Waals surface area contributed by atoms with Crippen LogP contribution in [-0.2, 0) is 10.0 Å². The van der Waals surface area contributed by atoms with E-state index in [1.165, 1.54) is 21.3 Å². The Balaban J connectivity index is 2.62. The number of sulfonamides is 1. The highest BCUT2D eigenvalue weighted by Gasteiger charge is 2.34. The average Bonchev–Trinajstić information content (AvgIpc) is 2.63. The Morgan fingerprint density at radius 1 is 0.741 bits per heavy atom. The molecule has 27 heavy (non-hydrogen) atoms. The number of methoxy groups -OCH3 is 3. The van der Waals surface area contributed by atoms with Gasteiger partial charge in [-0.3, -0.25) is 4.72 Å². The molecule has 1 N–H and O–H groups in total. The predicted octanol–water partition coefficient (Wildman–Crippen LogP) is 3.21. The van der Waals surface area contributed by atoms with E-state index in [2.05, 4.69) is 0 Å². The monoisotopic (exact) mass is 413 g/mol. The molecule has 0 heterocycles. The van der Waals surface area contributed by atoms with Gasteiger partial charge in [0.05, 0.1) is 27.0 Å². The third-order valence-electron chi connectivity index (χ3n) is 3.36. The maximum atomic E-state index is 13.8. The summed E-state index contributed by atoms with van der Waals surface area (Å²) in [6, 6.07) is 2.12. The van der Waals surface area contributed by atoms with Gasteiger partial charge < -0.3 is 14.2 Å². The molecule has 0 bridgehead atoms. The molecule has 148 valence electrons. The summed E-state index contributed by atoms with van der Waals surface area (Å²) < 4.78 is 109. The van der Waals surface area contributed by atoms with Gasteiger partial charge in [-0.25, -0.2) is 30.4 Å². The molecule has 0 saturated heterocycles. The van der Waals surface area contributed by atoms with Crippen molar-refractivity contribution < 1.29 is 44.6 Å². The van der Waals surface area contributed by atoms with Crippen molar-refractivity contribution in [3.63, 3.8) is 0 Å². The predicted molar refractivity (Wildman–Crippen MR) is 83.1 cm³/mol. The van der Waals surface area contributed by atoms with Crippen LogP contribution >= 0.6 is 0 Å². The molecular weight excluding hydrogens is 401 g/mol. The number of rotatable bonds is 6. The van der Waals surface area contributed by atoms with Crippen LogP contribution in [0.3, 0.4) is 0 Å². The summed E-state index contributed by atoms with van der Waals surface area (Å²) >= 11 is 0. The molecular formula is C15H12F5NO5S. The second-order valence-corrected chi connectivity index (χ2v) is 6.54. The molecule has 0 aliphatic rings. The highest BCUT2D eigenvalue weighted by molar-refractivity contribution is 7.92. The summed E-state index contributed by atoms with van der Waals surface area (Å²) in [6.45, 7) is 0. The maximum absolute atomic E-state index is 13.8. The first-order valence-corrected chi connectivity index (χ1v) is 8.41. The fourth-order valence-electron chi connectivity index (χ4n) is 2.17. The van der Waals surface area contributed by atoms with Crippen LogP contribution in [0.5, 0.6) is 17.2 Å². The molecule has 0 spiro atoms. The van der Waals surface area contributed by atoms with Crippen molar-refractivity contribution in [1.82, 2.24) is 0 Å². The third kappa shape index (κ3) is 3.56. The normalized spacial score (nSPS) is 11.3. The van der Waals surface area contributed by atoms with Gasteiger partial charge in [0.25, 0.3) is 10.0 Å². The van der Waals surface area contributed by atoms with Crippen molar-refractivity contribution in [1.29, 1.82) is 0 Å². The zero-order chi connectivity index (χ0) is 20.5. The van der Waals surface area contributed by atoms with Gasteiger partial charge in [-0.1, -0.05) is 0 Å². The van der Waals surface area contributed by atoms with Crippen molar-refractivity contribution in [3.05, 3.63) is 41.2 Å². The summed E-state index contributed by atoms with van der Waals surface area (Å²) in [4.78, 5) is -2.02. The van der Waals surface area contributed by atoms with Gasteiger partial charge in [0.15, 0.2) is 39.7 Å². The minimum absolute atomic E-state index is 0.0213. The molecule has 0 amide bonds. The molecule has 6 nitrogen and oxygen atoms in total. The second-order valence-electron chi connectivity index (χ2n) is 4.92. The van der Waals surface area contributed by atoms with E-state index in [1.54, 1.807) is 4.72 Å². The molecule has 0 aliphatic carbocycles. The zero-order valence-corrected chi connectivity index (χ0v) is 14.8. The molecule has 0 unspecified atom stereocenters. The lowest BCUT2D eigenvalue weighted by molar-refractivity contribution is 0.324. The van der Waals surface area contributed by atoms with E-state index < -0.39 is 44.0 Å². The number of anilines is 1. The number of ether oxygens (including phenoxy) is 3. The lowest BCUT2D eigenvalue weighted by Crippen LogP contribution is -2.19. The number of benzene rings is 2. The largest absolute Gasteiger partial charge is 0.493 e. The Hall–Kier alpha value is -2.76. The molecule has 12 heteroatoms. The zero-order valence-electron chi connectivity index (χ0n) is 14.0.